The first kappa shape index (κ1) is 23.4. The summed E-state index contributed by atoms with van der Waals surface area (Å²) in [4.78, 5) is 33.5. The molecule has 1 aliphatic heterocycles. The topological polar surface area (TPSA) is 88.8 Å². The van der Waals surface area contributed by atoms with Crippen molar-refractivity contribution in [3.8, 4) is 0 Å². The van der Waals surface area contributed by atoms with Crippen LogP contribution in [-0.4, -0.2) is 66.4 Å². The highest BCUT2D eigenvalue weighted by Crippen LogP contribution is 2.34. The van der Waals surface area contributed by atoms with Gasteiger partial charge in [-0.1, -0.05) is 17.4 Å². The molecule has 2 heterocycles. The predicted molar refractivity (Wildman–Crippen MR) is 133 cm³/mol. The summed E-state index contributed by atoms with van der Waals surface area (Å²) < 4.78 is 6.47. The van der Waals surface area contributed by atoms with Crippen molar-refractivity contribution >= 4 is 56.1 Å². The summed E-state index contributed by atoms with van der Waals surface area (Å²) in [5.41, 5.74) is 1.65. The van der Waals surface area contributed by atoms with E-state index >= 15 is 0 Å². The van der Waals surface area contributed by atoms with Gasteiger partial charge in [-0.15, -0.1) is 11.8 Å². The van der Waals surface area contributed by atoms with Gasteiger partial charge in [0.1, 0.15) is 0 Å². The summed E-state index contributed by atoms with van der Waals surface area (Å²) in [6, 6.07) is 12.2. The molecule has 1 aliphatic rings. The fourth-order valence-corrected chi connectivity index (χ4v) is 5.17. The molecule has 4 rings (SSSR count). The number of morpholine rings is 1. The number of para-hydroxylation sites is 1. The molecule has 1 amide bonds. The maximum Gasteiger partial charge on any atom is 0.269 e. The van der Waals surface area contributed by atoms with Gasteiger partial charge in [0.15, 0.2) is 5.13 Å². The normalized spacial score (nSPS) is 14.7. The number of thioether (sulfide) groups is 1. The summed E-state index contributed by atoms with van der Waals surface area (Å²) in [6.45, 7) is 4.33. The summed E-state index contributed by atoms with van der Waals surface area (Å²) in [7, 11) is 0. The maximum atomic E-state index is 13.2. The van der Waals surface area contributed by atoms with E-state index in [1.807, 2.05) is 24.5 Å². The molecule has 0 spiro atoms. The zero-order valence-electron chi connectivity index (χ0n) is 18.2. The molecule has 10 heteroatoms. The number of carbonyl (C=O) groups is 1. The molecule has 2 aromatic carbocycles. The van der Waals surface area contributed by atoms with Crippen LogP contribution in [0.2, 0.25) is 0 Å². The number of nitrogens with zero attached hydrogens (tertiary/aromatic N) is 4. The molecule has 1 aromatic heterocycles. The van der Waals surface area contributed by atoms with E-state index in [9.17, 15) is 14.9 Å². The van der Waals surface area contributed by atoms with Crippen LogP contribution in [0, 0.1) is 10.1 Å². The Bertz CT molecular complexity index is 1160. The largest absolute Gasteiger partial charge is 0.379 e. The van der Waals surface area contributed by atoms with E-state index in [-0.39, 0.29) is 11.6 Å². The summed E-state index contributed by atoms with van der Waals surface area (Å²) >= 11 is 3.14. The first-order valence-corrected chi connectivity index (χ1v) is 12.6. The predicted octanol–water partition coefficient (Wildman–Crippen LogP) is 4.31. The molecule has 0 radical (unpaired) electrons. The zero-order valence-corrected chi connectivity index (χ0v) is 19.8. The number of hydrogen-bond donors (Lipinski definition) is 0. The monoisotopic (exact) mass is 484 g/mol. The van der Waals surface area contributed by atoms with Gasteiger partial charge < -0.3 is 4.74 Å². The second-order valence-corrected chi connectivity index (χ2v) is 9.29. The smallest absolute Gasteiger partial charge is 0.269 e. The molecule has 0 N–H and O–H groups in total. The number of non-ortho nitro benzene ring substituents is 1. The Labute approximate surface area is 200 Å². The van der Waals surface area contributed by atoms with Crippen LogP contribution in [0.15, 0.2) is 53.4 Å². The Morgan fingerprint density at radius 3 is 2.73 bits per heavy atom. The number of hydrogen-bond acceptors (Lipinski definition) is 8. The highest BCUT2D eigenvalue weighted by molar-refractivity contribution is 7.98. The SMILES string of the molecule is CSc1cccc2sc(N(CCN3CCOCC3)C(=O)C=Cc3ccc([N+](=O)[O-])cc3)nc12. The number of anilines is 1. The second-order valence-electron chi connectivity index (χ2n) is 7.43. The van der Waals surface area contributed by atoms with E-state index in [0.717, 1.165) is 40.3 Å². The maximum absolute atomic E-state index is 13.2. The Kier molecular flexibility index (Phi) is 7.71. The fourth-order valence-electron chi connectivity index (χ4n) is 3.52. The van der Waals surface area contributed by atoms with Gasteiger partial charge in [0, 0.05) is 49.3 Å². The molecule has 33 heavy (non-hydrogen) atoms. The van der Waals surface area contributed by atoms with Gasteiger partial charge in [0.25, 0.3) is 11.6 Å². The summed E-state index contributed by atoms with van der Waals surface area (Å²) in [5, 5.41) is 11.5. The average Bonchev–Trinajstić information content (AvgIpc) is 3.28. The molecule has 0 saturated carbocycles. The molecular weight excluding hydrogens is 460 g/mol. The van der Waals surface area contributed by atoms with Crippen LogP contribution in [0.25, 0.3) is 16.3 Å². The number of nitro groups is 1. The number of amides is 1. The Balaban J connectivity index is 1.57. The fraction of sp³-hybridized carbons (Fsp3) is 0.304. The first-order valence-electron chi connectivity index (χ1n) is 10.5. The molecule has 3 aromatic rings. The van der Waals surface area contributed by atoms with E-state index < -0.39 is 4.92 Å². The number of thiazole rings is 1. The van der Waals surface area contributed by atoms with E-state index in [1.165, 1.54) is 29.5 Å². The van der Waals surface area contributed by atoms with Crippen LogP contribution in [0.5, 0.6) is 0 Å². The minimum Gasteiger partial charge on any atom is -0.379 e. The first-order chi connectivity index (χ1) is 16.0. The van der Waals surface area contributed by atoms with Gasteiger partial charge in [0.05, 0.1) is 28.4 Å². The molecule has 0 bridgehead atoms. The number of aromatic nitrogens is 1. The third kappa shape index (κ3) is 5.77. The van der Waals surface area contributed by atoms with Gasteiger partial charge in [-0.3, -0.25) is 24.7 Å². The van der Waals surface area contributed by atoms with E-state index in [2.05, 4.69) is 4.90 Å². The van der Waals surface area contributed by atoms with Gasteiger partial charge in [-0.2, -0.15) is 0 Å². The minimum absolute atomic E-state index is 0.0182. The third-order valence-electron chi connectivity index (χ3n) is 5.35. The van der Waals surface area contributed by atoms with Gasteiger partial charge in [-0.25, -0.2) is 4.98 Å². The highest BCUT2D eigenvalue weighted by Gasteiger charge is 2.21. The van der Waals surface area contributed by atoms with Gasteiger partial charge in [0.2, 0.25) is 0 Å². The van der Waals surface area contributed by atoms with Crippen LogP contribution in [-0.2, 0) is 9.53 Å². The number of fused-ring (bicyclic) bond motifs is 1. The zero-order chi connectivity index (χ0) is 23.2. The minimum atomic E-state index is -0.442. The highest BCUT2D eigenvalue weighted by atomic mass is 32.2. The van der Waals surface area contributed by atoms with Crippen LogP contribution in [0.1, 0.15) is 5.56 Å². The van der Waals surface area contributed by atoms with Crippen LogP contribution in [0.3, 0.4) is 0 Å². The van der Waals surface area contributed by atoms with Gasteiger partial charge in [-0.05, 0) is 42.2 Å². The van der Waals surface area contributed by atoms with Crippen molar-refractivity contribution in [2.75, 3.05) is 50.5 Å². The summed E-state index contributed by atoms with van der Waals surface area (Å²) in [6.07, 6.45) is 5.19. The Morgan fingerprint density at radius 1 is 1.27 bits per heavy atom. The molecule has 0 atom stereocenters. The van der Waals surface area contributed by atoms with Crippen molar-refractivity contribution in [1.29, 1.82) is 0 Å². The van der Waals surface area contributed by atoms with Crippen molar-refractivity contribution < 1.29 is 14.5 Å². The van der Waals surface area contributed by atoms with Crippen LogP contribution >= 0.6 is 23.1 Å². The standard InChI is InChI=1S/C23H24N4O4S2/c1-32-19-3-2-4-20-22(19)24-23(33-20)26(12-11-25-13-15-31-16-14-25)21(28)10-7-17-5-8-18(9-6-17)27(29)30/h2-10H,11-16H2,1H3. The number of benzene rings is 2. The lowest BCUT2D eigenvalue weighted by atomic mass is 10.2. The number of carbonyl (C=O) groups excluding carboxylic acids is 1. The van der Waals surface area contributed by atoms with Gasteiger partial charge >= 0.3 is 0 Å². The van der Waals surface area contributed by atoms with E-state index in [1.54, 1.807) is 34.9 Å². The Hall–Kier alpha value is -2.79. The third-order valence-corrected chi connectivity index (χ3v) is 7.17. The van der Waals surface area contributed by atoms with Crippen molar-refractivity contribution in [2.24, 2.45) is 0 Å². The van der Waals surface area contributed by atoms with Crippen LogP contribution < -0.4 is 4.90 Å². The number of nitro benzene ring substituents is 1. The molecule has 172 valence electrons. The lowest BCUT2D eigenvalue weighted by Gasteiger charge is -2.28. The van der Waals surface area contributed by atoms with Crippen molar-refractivity contribution in [3.63, 3.8) is 0 Å². The lowest BCUT2D eigenvalue weighted by Crippen LogP contribution is -2.42. The molecule has 8 nitrogen and oxygen atoms in total. The van der Waals surface area contributed by atoms with Crippen molar-refractivity contribution in [3.05, 3.63) is 64.2 Å². The summed E-state index contributed by atoms with van der Waals surface area (Å²) in [5.74, 6) is -0.175. The molecular formula is C23H24N4O4S2. The number of rotatable bonds is 8. The average molecular weight is 485 g/mol. The molecule has 1 fully saturated rings. The van der Waals surface area contributed by atoms with Crippen molar-refractivity contribution in [2.45, 2.75) is 4.90 Å². The Morgan fingerprint density at radius 2 is 2.03 bits per heavy atom. The molecule has 1 saturated heterocycles. The van der Waals surface area contributed by atoms with Crippen LogP contribution in [0.4, 0.5) is 10.8 Å². The second kappa shape index (κ2) is 10.9. The lowest BCUT2D eigenvalue weighted by molar-refractivity contribution is -0.384. The molecule has 0 aliphatic carbocycles. The van der Waals surface area contributed by atoms with E-state index in [4.69, 9.17) is 9.72 Å². The number of ether oxygens (including phenoxy) is 1. The molecule has 0 unspecified atom stereocenters. The van der Waals surface area contributed by atoms with Crippen molar-refractivity contribution in [1.82, 2.24) is 9.88 Å². The van der Waals surface area contributed by atoms with E-state index in [0.29, 0.717) is 24.9 Å². The quantitative estimate of drug-likeness (QED) is 0.204.